The smallest absolute Gasteiger partial charge is 0.344 e. The third-order valence-corrected chi connectivity index (χ3v) is 6.85. The maximum Gasteiger partial charge on any atom is 0.344 e. The molecule has 0 fully saturated rings. The van der Waals surface area contributed by atoms with Crippen molar-refractivity contribution >= 4 is 11.9 Å². The predicted molar refractivity (Wildman–Crippen MR) is 145 cm³/mol. The summed E-state index contributed by atoms with van der Waals surface area (Å²) >= 11 is 0. The van der Waals surface area contributed by atoms with Gasteiger partial charge in [-0.15, -0.1) is 0 Å². The Morgan fingerprint density at radius 2 is 1.51 bits per heavy atom. The number of halogens is 1. The fourth-order valence-electron chi connectivity index (χ4n) is 4.93. The fraction of sp³-hybridized carbons (Fsp3) is 0.0938. The first-order valence-corrected chi connectivity index (χ1v) is 12.6. The van der Waals surface area contributed by atoms with Gasteiger partial charge in [-0.2, -0.15) is 5.10 Å². The predicted octanol–water partition coefficient (Wildman–Crippen LogP) is 6.50. The summed E-state index contributed by atoms with van der Waals surface area (Å²) < 4.78 is 21.4. The topological polar surface area (TPSA) is 64.4 Å². The molecular formula is C32H24FN3O3. The molecule has 0 spiro atoms. The van der Waals surface area contributed by atoms with E-state index in [2.05, 4.69) is 0 Å². The molecule has 0 radical (unpaired) electrons. The van der Waals surface area contributed by atoms with Gasteiger partial charge in [-0.3, -0.25) is 9.69 Å². The minimum Gasteiger partial charge on any atom is -0.433 e. The molecule has 1 aromatic heterocycles. The number of para-hydroxylation sites is 1. The van der Waals surface area contributed by atoms with Gasteiger partial charge in [-0.25, -0.2) is 13.9 Å². The van der Waals surface area contributed by atoms with Crippen LogP contribution >= 0.6 is 0 Å². The van der Waals surface area contributed by atoms with E-state index in [4.69, 9.17) is 9.84 Å². The summed E-state index contributed by atoms with van der Waals surface area (Å²) in [7, 11) is 0. The van der Waals surface area contributed by atoms with E-state index in [-0.39, 0.29) is 18.3 Å². The Bertz CT molecular complexity index is 1660. The van der Waals surface area contributed by atoms with E-state index in [9.17, 15) is 14.0 Å². The van der Waals surface area contributed by atoms with Crippen molar-refractivity contribution in [3.05, 3.63) is 143 Å². The zero-order chi connectivity index (χ0) is 26.9. The number of carbonyl (C=O) groups is 2. The Kier molecular flexibility index (Phi) is 6.25. The number of rotatable bonds is 6. The first-order valence-electron chi connectivity index (χ1n) is 12.6. The van der Waals surface area contributed by atoms with Crippen LogP contribution in [0.15, 0.2) is 109 Å². The van der Waals surface area contributed by atoms with Crippen LogP contribution < -0.4 is 0 Å². The van der Waals surface area contributed by atoms with E-state index in [1.165, 1.54) is 17.0 Å². The molecule has 5 aromatic rings. The van der Waals surface area contributed by atoms with Crippen LogP contribution in [-0.2, 0) is 11.3 Å². The third-order valence-electron chi connectivity index (χ3n) is 6.85. The van der Waals surface area contributed by atoms with Crippen LogP contribution in [0.25, 0.3) is 16.9 Å². The van der Waals surface area contributed by atoms with Gasteiger partial charge in [0.1, 0.15) is 17.1 Å². The van der Waals surface area contributed by atoms with Crippen LogP contribution in [0.4, 0.5) is 4.39 Å². The van der Waals surface area contributed by atoms with E-state index in [0.717, 1.165) is 16.8 Å². The minimum absolute atomic E-state index is 0.152. The number of benzene rings is 4. The van der Waals surface area contributed by atoms with Gasteiger partial charge in [0.2, 0.25) is 6.23 Å². The molecule has 1 aliphatic heterocycles. The quantitative estimate of drug-likeness (QED) is 0.241. The molecule has 7 heteroatoms. The molecule has 0 aliphatic carbocycles. The highest BCUT2D eigenvalue weighted by Crippen LogP contribution is 2.37. The Hall–Kier alpha value is -5.04. The van der Waals surface area contributed by atoms with Crippen LogP contribution in [-0.4, -0.2) is 26.6 Å². The number of ether oxygens (including phenoxy) is 1. The molecule has 6 rings (SSSR count). The first-order chi connectivity index (χ1) is 19.0. The zero-order valence-corrected chi connectivity index (χ0v) is 21.1. The molecule has 0 saturated carbocycles. The van der Waals surface area contributed by atoms with Gasteiger partial charge >= 0.3 is 5.97 Å². The van der Waals surface area contributed by atoms with Crippen molar-refractivity contribution < 1.29 is 18.7 Å². The Morgan fingerprint density at radius 1 is 0.872 bits per heavy atom. The van der Waals surface area contributed by atoms with Crippen molar-refractivity contribution in [2.45, 2.75) is 19.7 Å². The molecule has 0 unspecified atom stereocenters. The van der Waals surface area contributed by atoms with E-state index in [1.54, 1.807) is 35.0 Å². The second-order valence-electron chi connectivity index (χ2n) is 9.33. The molecule has 6 nitrogen and oxygen atoms in total. The van der Waals surface area contributed by atoms with Gasteiger partial charge in [0, 0.05) is 23.2 Å². The van der Waals surface area contributed by atoms with Crippen molar-refractivity contribution in [3.63, 3.8) is 0 Å². The molecule has 0 saturated heterocycles. The van der Waals surface area contributed by atoms with Gasteiger partial charge < -0.3 is 4.74 Å². The van der Waals surface area contributed by atoms with Crippen molar-refractivity contribution in [2.75, 3.05) is 0 Å². The number of esters is 1. The zero-order valence-electron chi connectivity index (χ0n) is 21.1. The maximum atomic E-state index is 14.0. The minimum atomic E-state index is -0.950. The number of fused-ring (bicyclic) bond motifs is 1. The standard InChI is InChI=1S/C32H24FN3O3/c1-21-28(29(23-10-4-2-5-11-23)34-36(21)25-12-6-3-7-13-25)32(38)39-31-27-15-9-8-14-26(27)30(37)35(31)20-22-16-18-24(33)19-17-22/h2-19,31H,20H2,1H3/t31-/m0/s1. The summed E-state index contributed by atoms with van der Waals surface area (Å²) in [6.07, 6.45) is -0.950. The molecule has 39 heavy (non-hydrogen) atoms. The fourth-order valence-corrected chi connectivity index (χ4v) is 4.93. The summed E-state index contributed by atoms with van der Waals surface area (Å²) in [5, 5.41) is 4.80. The summed E-state index contributed by atoms with van der Waals surface area (Å²) in [5.74, 6) is -1.21. The highest BCUT2D eigenvalue weighted by molar-refractivity contribution is 6.01. The maximum absolute atomic E-state index is 14.0. The van der Waals surface area contributed by atoms with Crippen LogP contribution in [0, 0.1) is 12.7 Å². The molecule has 1 amide bonds. The van der Waals surface area contributed by atoms with Crippen molar-refractivity contribution in [3.8, 4) is 16.9 Å². The lowest BCUT2D eigenvalue weighted by atomic mass is 10.1. The monoisotopic (exact) mass is 517 g/mol. The van der Waals surface area contributed by atoms with E-state index in [0.29, 0.717) is 28.1 Å². The lowest BCUT2D eigenvalue weighted by Gasteiger charge is -2.25. The second kappa shape index (κ2) is 10.0. The Labute approximate surface area is 224 Å². The number of nitrogens with zero attached hydrogens (tertiary/aromatic N) is 3. The summed E-state index contributed by atoms with van der Waals surface area (Å²) in [6.45, 7) is 1.98. The molecule has 0 N–H and O–H groups in total. The molecule has 2 heterocycles. The van der Waals surface area contributed by atoms with E-state index in [1.807, 2.05) is 73.7 Å². The highest BCUT2D eigenvalue weighted by atomic mass is 19.1. The van der Waals surface area contributed by atoms with Gasteiger partial charge in [0.15, 0.2) is 0 Å². The second-order valence-corrected chi connectivity index (χ2v) is 9.33. The largest absolute Gasteiger partial charge is 0.433 e. The number of carbonyl (C=O) groups excluding carboxylic acids is 2. The van der Waals surface area contributed by atoms with Crippen LogP contribution in [0.2, 0.25) is 0 Å². The van der Waals surface area contributed by atoms with Gasteiger partial charge in [-0.1, -0.05) is 78.9 Å². The lowest BCUT2D eigenvalue weighted by molar-refractivity contribution is -0.0211. The lowest BCUT2D eigenvalue weighted by Crippen LogP contribution is -2.30. The number of hydrogen-bond donors (Lipinski definition) is 0. The number of amides is 1. The normalized spacial score (nSPS) is 14.4. The highest BCUT2D eigenvalue weighted by Gasteiger charge is 2.40. The first kappa shape index (κ1) is 24.3. The van der Waals surface area contributed by atoms with Crippen LogP contribution in [0.5, 0.6) is 0 Å². The van der Waals surface area contributed by atoms with Crippen molar-refractivity contribution in [1.82, 2.24) is 14.7 Å². The van der Waals surface area contributed by atoms with E-state index < -0.39 is 12.2 Å². The third kappa shape index (κ3) is 4.48. The van der Waals surface area contributed by atoms with Crippen LogP contribution in [0.3, 0.4) is 0 Å². The Balaban J connectivity index is 1.41. The molecular weight excluding hydrogens is 493 g/mol. The number of aromatic nitrogens is 2. The Morgan fingerprint density at radius 3 is 2.23 bits per heavy atom. The van der Waals surface area contributed by atoms with E-state index >= 15 is 0 Å². The molecule has 192 valence electrons. The van der Waals surface area contributed by atoms with Crippen molar-refractivity contribution in [1.29, 1.82) is 0 Å². The summed E-state index contributed by atoms with van der Waals surface area (Å²) in [5.41, 5.74) is 4.81. The van der Waals surface area contributed by atoms with Crippen LogP contribution in [0.1, 0.15) is 43.8 Å². The number of hydrogen-bond acceptors (Lipinski definition) is 4. The molecule has 1 atom stereocenters. The average molecular weight is 518 g/mol. The summed E-state index contributed by atoms with van der Waals surface area (Å²) in [4.78, 5) is 28.8. The van der Waals surface area contributed by atoms with Gasteiger partial charge in [0.05, 0.1) is 11.4 Å². The van der Waals surface area contributed by atoms with Crippen molar-refractivity contribution in [2.24, 2.45) is 0 Å². The summed E-state index contributed by atoms with van der Waals surface area (Å²) in [6, 6.07) is 32.0. The van der Waals surface area contributed by atoms with Gasteiger partial charge in [-0.05, 0) is 42.8 Å². The molecule has 4 aromatic carbocycles. The SMILES string of the molecule is Cc1c(C(=O)O[C@H]2c3ccccc3C(=O)N2Cc2ccc(F)cc2)c(-c2ccccc2)nn1-c1ccccc1. The average Bonchev–Trinajstić information content (AvgIpc) is 3.45. The van der Waals surface area contributed by atoms with Gasteiger partial charge in [0.25, 0.3) is 5.91 Å². The molecule has 1 aliphatic rings. The molecule has 0 bridgehead atoms.